The van der Waals surface area contributed by atoms with Crippen LogP contribution in [0.1, 0.15) is 53.2 Å². The monoisotopic (exact) mass is 321 g/mol. The van der Waals surface area contributed by atoms with Crippen molar-refractivity contribution in [2.24, 2.45) is 0 Å². The number of carbonyl (C=O) groups excluding carboxylic acids is 2. The summed E-state index contributed by atoms with van der Waals surface area (Å²) in [7, 11) is 0. The summed E-state index contributed by atoms with van der Waals surface area (Å²) in [5.74, 6) is -0.0896. The minimum atomic E-state index is -0.105. The zero-order valence-corrected chi connectivity index (χ0v) is 14.1. The van der Waals surface area contributed by atoms with Crippen molar-refractivity contribution in [3.8, 4) is 0 Å². The maximum absolute atomic E-state index is 12.2. The predicted molar refractivity (Wildman–Crippen MR) is 96.5 cm³/mol. The van der Waals surface area contributed by atoms with Gasteiger partial charge in [0.2, 0.25) is 5.91 Å². The van der Waals surface area contributed by atoms with Crippen LogP contribution in [0.2, 0.25) is 0 Å². The zero-order valence-electron chi connectivity index (χ0n) is 14.1. The number of nitrogens with one attached hydrogen (secondary N) is 1. The van der Waals surface area contributed by atoms with Crippen LogP contribution in [0.3, 0.4) is 0 Å². The zero-order chi connectivity index (χ0) is 16.9. The van der Waals surface area contributed by atoms with Gasteiger partial charge in [-0.1, -0.05) is 37.3 Å². The molecule has 0 saturated heterocycles. The highest BCUT2D eigenvalue weighted by molar-refractivity contribution is 6.00. The number of hydrogen-bond donors (Lipinski definition) is 1. The molecule has 1 amide bonds. The van der Waals surface area contributed by atoms with E-state index in [1.165, 1.54) is 23.1 Å². The Morgan fingerprint density at radius 3 is 2.46 bits per heavy atom. The lowest BCUT2D eigenvalue weighted by atomic mass is 10.0. The molecular weight excluding hydrogens is 298 g/mol. The van der Waals surface area contributed by atoms with Crippen LogP contribution in [0.5, 0.6) is 0 Å². The second kappa shape index (κ2) is 7.43. The maximum Gasteiger partial charge on any atom is 0.224 e. The van der Waals surface area contributed by atoms with Crippen LogP contribution in [-0.2, 0) is 24.1 Å². The van der Waals surface area contributed by atoms with Gasteiger partial charge in [0.25, 0.3) is 0 Å². The molecule has 0 unspecified atom stereocenters. The molecule has 0 saturated carbocycles. The average Bonchev–Trinajstić information content (AvgIpc) is 3.07. The average molecular weight is 321 g/mol. The van der Waals surface area contributed by atoms with E-state index in [-0.39, 0.29) is 24.5 Å². The number of rotatable bonds is 6. The van der Waals surface area contributed by atoms with E-state index in [9.17, 15) is 9.59 Å². The fourth-order valence-corrected chi connectivity index (χ4v) is 3.17. The molecule has 3 nitrogen and oxygen atoms in total. The Bertz CT molecular complexity index is 747. The third kappa shape index (κ3) is 3.91. The third-order valence-electron chi connectivity index (χ3n) is 4.65. The van der Waals surface area contributed by atoms with Crippen molar-refractivity contribution in [2.45, 2.75) is 45.4 Å². The fourth-order valence-electron chi connectivity index (χ4n) is 3.17. The van der Waals surface area contributed by atoms with E-state index >= 15 is 0 Å². The van der Waals surface area contributed by atoms with Gasteiger partial charge in [0.05, 0.1) is 0 Å². The summed E-state index contributed by atoms with van der Waals surface area (Å²) in [6, 6.07) is 13.7. The number of hydrogen-bond acceptors (Lipinski definition) is 2. The molecular formula is C21H23NO2. The smallest absolute Gasteiger partial charge is 0.224 e. The van der Waals surface area contributed by atoms with E-state index in [1.54, 1.807) is 0 Å². The van der Waals surface area contributed by atoms with Gasteiger partial charge in [0, 0.05) is 24.1 Å². The van der Waals surface area contributed by atoms with Gasteiger partial charge >= 0.3 is 0 Å². The van der Waals surface area contributed by atoms with E-state index in [0.717, 1.165) is 24.9 Å². The SMILES string of the molecule is CCc1ccc(C(=O)CCC(=O)Nc2ccc3c(c2)CCC3)cc1. The highest BCUT2D eigenvalue weighted by Crippen LogP contribution is 2.25. The first-order chi connectivity index (χ1) is 11.7. The number of aryl methyl sites for hydroxylation is 3. The third-order valence-corrected chi connectivity index (χ3v) is 4.65. The molecule has 0 aliphatic heterocycles. The Labute approximate surface area is 143 Å². The molecule has 3 heteroatoms. The standard InChI is InChI=1S/C21H23NO2/c1-2-15-6-8-17(9-7-15)20(23)12-13-21(24)22-19-11-10-16-4-3-5-18(16)14-19/h6-11,14H,2-5,12-13H2,1H3,(H,22,24). The lowest BCUT2D eigenvalue weighted by Gasteiger charge is -2.07. The Morgan fingerprint density at radius 2 is 1.71 bits per heavy atom. The molecule has 0 heterocycles. The molecule has 1 aliphatic carbocycles. The van der Waals surface area contributed by atoms with Gasteiger partial charge in [-0.3, -0.25) is 9.59 Å². The van der Waals surface area contributed by atoms with Crippen molar-refractivity contribution < 1.29 is 9.59 Å². The summed E-state index contributed by atoms with van der Waals surface area (Å²) in [6.07, 6.45) is 4.82. The molecule has 0 spiro atoms. The molecule has 1 aliphatic rings. The highest BCUT2D eigenvalue weighted by atomic mass is 16.2. The molecule has 0 bridgehead atoms. The summed E-state index contributed by atoms with van der Waals surface area (Å²) in [5, 5.41) is 2.91. The van der Waals surface area contributed by atoms with E-state index in [4.69, 9.17) is 0 Å². The molecule has 2 aromatic carbocycles. The predicted octanol–water partition coefficient (Wildman–Crippen LogP) is 4.34. The lowest BCUT2D eigenvalue weighted by molar-refractivity contribution is -0.116. The minimum absolute atomic E-state index is 0.0155. The van der Waals surface area contributed by atoms with Crippen LogP contribution in [0.4, 0.5) is 5.69 Å². The van der Waals surface area contributed by atoms with Crippen molar-refractivity contribution in [1.82, 2.24) is 0 Å². The second-order valence-corrected chi connectivity index (χ2v) is 6.36. The Hall–Kier alpha value is -2.42. The van der Waals surface area contributed by atoms with Crippen molar-refractivity contribution in [2.75, 3.05) is 5.32 Å². The van der Waals surface area contributed by atoms with E-state index in [0.29, 0.717) is 5.56 Å². The largest absolute Gasteiger partial charge is 0.326 e. The molecule has 0 aromatic heterocycles. The van der Waals surface area contributed by atoms with Crippen LogP contribution in [0.25, 0.3) is 0 Å². The summed E-state index contributed by atoms with van der Waals surface area (Å²) < 4.78 is 0. The number of benzene rings is 2. The summed E-state index contributed by atoms with van der Waals surface area (Å²) in [5.41, 5.74) is 5.44. The summed E-state index contributed by atoms with van der Waals surface area (Å²) in [4.78, 5) is 24.3. The highest BCUT2D eigenvalue weighted by Gasteiger charge is 2.13. The lowest BCUT2D eigenvalue weighted by Crippen LogP contribution is -2.13. The molecule has 1 N–H and O–H groups in total. The second-order valence-electron chi connectivity index (χ2n) is 6.36. The van der Waals surface area contributed by atoms with Crippen LogP contribution in [0.15, 0.2) is 42.5 Å². The van der Waals surface area contributed by atoms with Gasteiger partial charge in [-0.05, 0) is 54.5 Å². The van der Waals surface area contributed by atoms with Crippen molar-refractivity contribution >= 4 is 17.4 Å². The fraction of sp³-hybridized carbons (Fsp3) is 0.333. The van der Waals surface area contributed by atoms with Crippen molar-refractivity contribution in [3.05, 3.63) is 64.7 Å². The number of amides is 1. The Morgan fingerprint density at radius 1 is 0.958 bits per heavy atom. The minimum Gasteiger partial charge on any atom is -0.326 e. The van der Waals surface area contributed by atoms with Gasteiger partial charge in [-0.15, -0.1) is 0 Å². The van der Waals surface area contributed by atoms with Gasteiger partial charge in [-0.2, -0.15) is 0 Å². The number of fused-ring (bicyclic) bond motifs is 1. The Balaban J connectivity index is 1.52. The van der Waals surface area contributed by atoms with Crippen molar-refractivity contribution in [1.29, 1.82) is 0 Å². The van der Waals surface area contributed by atoms with E-state index in [1.807, 2.05) is 30.3 Å². The first-order valence-electron chi connectivity index (χ1n) is 8.69. The van der Waals surface area contributed by atoms with E-state index < -0.39 is 0 Å². The number of ketones is 1. The number of anilines is 1. The van der Waals surface area contributed by atoms with Gasteiger partial charge in [0.15, 0.2) is 5.78 Å². The quantitative estimate of drug-likeness (QED) is 0.805. The summed E-state index contributed by atoms with van der Waals surface area (Å²) in [6.45, 7) is 2.08. The van der Waals surface area contributed by atoms with Crippen LogP contribution < -0.4 is 5.32 Å². The van der Waals surface area contributed by atoms with Gasteiger partial charge < -0.3 is 5.32 Å². The molecule has 0 fully saturated rings. The molecule has 124 valence electrons. The van der Waals surface area contributed by atoms with Gasteiger partial charge in [0.1, 0.15) is 0 Å². The molecule has 3 rings (SSSR count). The molecule has 0 radical (unpaired) electrons. The van der Waals surface area contributed by atoms with E-state index in [2.05, 4.69) is 24.4 Å². The van der Waals surface area contributed by atoms with Gasteiger partial charge in [-0.25, -0.2) is 0 Å². The molecule has 2 aromatic rings. The number of carbonyl (C=O) groups is 2. The summed E-state index contributed by atoms with van der Waals surface area (Å²) >= 11 is 0. The van der Waals surface area contributed by atoms with Crippen molar-refractivity contribution in [3.63, 3.8) is 0 Å². The molecule has 0 atom stereocenters. The first-order valence-corrected chi connectivity index (χ1v) is 8.69. The first kappa shape index (κ1) is 16.4. The Kier molecular flexibility index (Phi) is 5.09. The van der Waals surface area contributed by atoms with Crippen LogP contribution in [-0.4, -0.2) is 11.7 Å². The van der Waals surface area contributed by atoms with Crippen LogP contribution in [0, 0.1) is 0 Å². The number of Topliss-reactive ketones (excluding diaryl/α,β-unsaturated/α-hetero) is 1. The maximum atomic E-state index is 12.2. The van der Waals surface area contributed by atoms with Crippen LogP contribution >= 0.6 is 0 Å². The molecule has 24 heavy (non-hydrogen) atoms. The topological polar surface area (TPSA) is 46.2 Å². The normalized spacial score (nSPS) is 12.7.